The number of carbonyl (C=O) groups is 1. The van der Waals surface area contributed by atoms with E-state index in [2.05, 4.69) is 4.98 Å². The van der Waals surface area contributed by atoms with Crippen LogP contribution in [0.25, 0.3) is 11.3 Å². The van der Waals surface area contributed by atoms with Gasteiger partial charge in [-0.2, -0.15) is 0 Å². The van der Waals surface area contributed by atoms with Gasteiger partial charge in [0.15, 0.2) is 11.5 Å². The van der Waals surface area contributed by atoms with Gasteiger partial charge in [-0.1, -0.05) is 25.4 Å². The Bertz CT molecular complexity index is 767. The van der Waals surface area contributed by atoms with Crippen LogP contribution >= 0.6 is 11.6 Å². The Morgan fingerprint density at radius 1 is 1.22 bits per heavy atom. The third kappa shape index (κ3) is 3.56. The largest absolute Gasteiger partial charge is 0.476 e. The van der Waals surface area contributed by atoms with Gasteiger partial charge in [0.25, 0.3) is 0 Å². The van der Waals surface area contributed by atoms with Crippen molar-refractivity contribution in [2.24, 2.45) is 0 Å². The minimum Gasteiger partial charge on any atom is -0.476 e. The first-order valence-corrected chi connectivity index (χ1v) is 6.95. The van der Waals surface area contributed by atoms with E-state index in [1.165, 1.54) is 6.92 Å². The summed E-state index contributed by atoms with van der Waals surface area (Å²) in [6, 6.07) is 1.56. The van der Waals surface area contributed by atoms with E-state index in [1.807, 2.05) is 13.8 Å². The van der Waals surface area contributed by atoms with E-state index in [-0.39, 0.29) is 5.56 Å². The number of aromatic carboxylic acids is 1. The Labute approximate surface area is 135 Å². The average Bonchev–Trinajstić information content (AvgIpc) is 2.51. The molecule has 0 bridgehead atoms. The van der Waals surface area contributed by atoms with Crippen LogP contribution in [0.3, 0.4) is 0 Å². The molecule has 0 amide bonds. The number of carboxylic acid groups (broad SMARTS) is 1. The fourth-order valence-corrected chi connectivity index (χ4v) is 1.92. The lowest BCUT2D eigenvalue weighted by Gasteiger charge is -2.11. The molecule has 0 saturated heterocycles. The second kappa shape index (κ2) is 7.32. The molecule has 1 aromatic heterocycles. The first-order valence-electron chi connectivity index (χ1n) is 6.57. The molecule has 0 aliphatic carbocycles. The van der Waals surface area contributed by atoms with Gasteiger partial charge in [-0.25, -0.2) is 22.9 Å². The summed E-state index contributed by atoms with van der Waals surface area (Å²) in [5, 5.41) is 8.33. The molecule has 0 unspecified atom stereocenters. The summed E-state index contributed by atoms with van der Waals surface area (Å²) in [5.74, 6) is -4.54. The standard InChI is InChI=1S/C13H8ClF3N2O2.C2H6/c1-4-2-7(16)5(3-6(4)15)11-9(17)10(18)8(14)12(19-11)13(20)21;1-2/h2-3H,1H3,(H2,18,19)(H,20,21);1-2H3. The molecular weight excluding hydrogens is 333 g/mol. The molecule has 4 nitrogen and oxygen atoms in total. The topological polar surface area (TPSA) is 76.2 Å². The molecule has 0 aliphatic rings. The van der Waals surface area contributed by atoms with Crippen molar-refractivity contribution in [2.75, 3.05) is 5.73 Å². The molecule has 2 aromatic rings. The number of benzene rings is 1. The third-order valence-corrected chi connectivity index (χ3v) is 3.20. The van der Waals surface area contributed by atoms with Crippen molar-refractivity contribution >= 4 is 23.3 Å². The van der Waals surface area contributed by atoms with Gasteiger partial charge in [0.05, 0.1) is 10.7 Å². The quantitative estimate of drug-likeness (QED) is 0.843. The van der Waals surface area contributed by atoms with Crippen LogP contribution < -0.4 is 5.73 Å². The summed E-state index contributed by atoms with van der Waals surface area (Å²) in [4.78, 5) is 14.4. The summed E-state index contributed by atoms with van der Waals surface area (Å²) in [5.41, 5.74) is 2.66. The van der Waals surface area contributed by atoms with Crippen LogP contribution in [0.1, 0.15) is 29.9 Å². The summed E-state index contributed by atoms with van der Waals surface area (Å²) in [7, 11) is 0. The molecule has 124 valence electrons. The predicted molar refractivity (Wildman–Crippen MR) is 82.0 cm³/mol. The van der Waals surface area contributed by atoms with Crippen molar-refractivity contribution < 1.29 is 23.1 Å². The number of aryl methyl sites for hydroxylation is 1. The molecule has 0 spiro atoms. The van der Waals surface area contributed by atoms with E-state index in [0.29, 0.717) is 0 Å². The van der Waals surface area contributed by atoms with E-state index in [1.54, 1.807) is 0 Å². The molecule has 1 heterocycles. The van der Waals surface area contributed by atoms with Crippen LogP contribution in [-0.2, 0) is 0 Å². The van der Waals surface area contributed by atoms with Crippen LogP contribution in [-0.4, -0.2) is 16.1 Å². The van der Waals surface area contributed by atoms with E-state index < -0.39 is 51.1 Å². The average molecular weight is 347 g/mol. The lowest BCUT2D eigenvalue weighted by molar-refractivity contribution is 0.0691. The van der Waals surface area contributed by atoms with Gasteiger partial charge in [0, 0.05) is 5.56 Å². The van der Waals surface area contributed by atoms with Crippen LogP contribution in [0.5, 0.6) is 0 Å². The Morgan fingerprint density at radius 3 is 2.30 bits per heavy atom. The molecule has 0 aliphatic heterocycles. The van der Waals surface area contributed by atoms with Crippen molar-refractivity contribution in [3.8, 4) is 11.3 Å². The van der Waals surface area contributed by atoms with Gasteiger partial charge in [-0.05, 0) is 24.6 Å². The zero-order valence-corrected chi connectivity index (χ0v) is 13.3. The SMILES string of the molecule is CC.Cc1cc(F)c(-c2nc(C(=O)O)c(Cl)c(N)c2F)cc1F. The summed E-state index contributed by atoms with van der Waals surface area (Å²) in [6.07, 6.45) is 0. The minimum absolute atomic E-state index is 0.0112. The maximum atomic E-state index is 14.0. The van der Waals surface area contributed by atoms with Gasteiger partial charge >= 0.3 is 5.97 Å². The number of carboxylic acids is 1. The number of rotatable bonds is 2. The van der Waals surface area contributed by atoms with Crippen molar-refractivity contribution in [1.82, 2.24) is 4.98 Å². The number of aromatic nitrogens is 1. The van der Waals surface area contributed by atoms with Crippen molar-refractivity contribution in [1.29, 1.82) is 0 Å². The zero-order chi connectivity index (χ0) is 17.9. The number of nitrogens with zero attached hydrogens (tertiary/aromatic N) is 1. The van der Waals surface area contributed by atoms with Gasteiger partial charge in [-0.3, -0.25) is 0 Å². The van der Waals surface area contributed by atoms with Crippen LogP contribution in [0.15, 0.2) is 12.1 Å². The lowest BCUT2D eigenvalue weighted by atomic mass is 10.1. The second-order valence-electron chi connectivity index (χ2n) is 4.24. The molecule has 0 atom stereocenters. The van der Waals surface area contributed by atoms with Crippen molar-refractivity contribution in [3.05, 3.63) is 45.9 Å². The summed E-state index contributed by atoms with van der Waals surface area (Å²) in [6.45, 7) is 5.32. The Hall–Kier alpha value is -2.28. The molecular formula is C15H14ClF3N2O2. The first kappa shape index (κ1) is 18.8. The highest BCUT2D eigenvalue weighted by atomic mass is 35.5. The monoisotopic (exact) mass is 346 g/mol. The van der Waals surface area contributed by atoms with Crippen molar-refractivity contribution in [3.63, 3.8) is 0 Å². The Kier molecular flexibility index (Phi) is 5.98. The van der Waals surface area contributed by atoms with Crippen LogP contribution in [0.4, 0.5) is 18.9 Å². The van der Waals surface area contributed by atoms with Gasteiger partial charge in [0.1, 0.15) is 17.3 Å². The second-order valence-corrected chi connectivity index (χ2v) is 4.62. The van der Waals surface area contributed by atoms with Crippen LogP contribution in [0.2, 0.25) is 5.02 Å². The predicted octanol–water partition coefficient (Wildman–Crippen LogP) is 4.43. The molecule has 8 heteroatoms. The molecule has 23 heavy (non-hydrogen) atoms. The van der Waals surface area contributed by atoms with E-state index in [0.717, 1.165) is 12.1 Å². The number of nitrogen functional groups attached to an aromatic ring is 1. The molecule has 0 fully saturated rings. The smallest absolute Gasteiger partial charge is 0.356 e. The summed E-state index contributed by atoms with van der Waals surface area (Å²) < 4.78 is 41.4. The lowest BCUT2D eigenvalue weighted by Crippen LogP contribution is -2.09. The fourth-order valence-electron chi connectivity index (χ4n) is 1.71. The highest BCUT2D eigenvalue weighted by Crippen LogP contribution is 2.33. The van der Waals surface area contributed by atoms with Crippen LogP contribution in [0, 0.1) is 24.4 Å². The molecule has 1 aromatic carbocycles. The normalized spacial score (nSPS) is 10.0. The highest BCUT2D eigenvalue weighted by Gasteiger charge is 2.24. The van der Waals surface area contributed by atoms with Gasteiger partial charge in [-0.15, -0.1) is 0 Å². The first-order chi connectivity index (χ1) is 10.7. The fraction of sp³-hybridized carbons (Fsp3) is 0.200. The van der Waals surface area contributed by atoms with E-state index in [4.69, 9.17) is 22.4 Å². The highest BCUT2D eigenvalue weighted by molar-refractivity contribution is 6.35. The maximum Gasteiger partial charge on any atom is 0.356 e. The van der Waals surface area contributed by atoms with Gasteiger partial charge in [0.2, 0.25) is 0 Å². The number of nitrogens with two attached hydrogens (primary N) is 1. The Balaban J connectivity index is 0.00000127. The zero-order valence-electron chi connectivity index (χ0n) is 12.5. The number of hydrogen-bond acceptors (Lipinski definition) is 3. The molecule has 2 rings (SSSR count). The minimum atomic E-state index is -1.57. The van der Waals surface area contributed by atoms with Crippen molar-refractivity contribution in [2.45, 2.75) is 20.8 Å². The molecule has 3 N–H and O–H groups in total. The summed E-state index contributed by atoms with van der Waals surface area (Å²) >= 11 is 5.57. The van der Waals surface area contributed by atoms with Gasteiger partial charge < -0.3 is 10.8 Å². The maximum absolute atomic E-state index is 14.0. The number of hydrogen-bond donors (Lipinski definition) is 2. The third-order valence-electron chi connectivity index (χ3n) is 2.82. The molecule has 0 saturated carbocycles. The number of halogens is 4. The van der Waals surface area contributed by atoms with E-state index in [9.17, 15) is 18.0 Å². The Morgan fingerprint density at radius 2 is 1.78 bits per heavy atom. The number of pyridine rings is 1. The number of anilines is 1. The molecule has 0 radical (unpaired) electrons. The van der Waals surface area contributed by atoms with E-state index >= 15 is 0 Å².